The van der Waals surface area contributed by atoms with E-state index in [-0.39, 0.29) is 17.4 Å². The smallest absolute Gasteiger partial charge is 0.272 e. The molecule has 196 valence electrons. The summed E-state index contributed by atoms with van der Waals surface area (Å²) in [6.45, 7) is 0. The Labute approximate surface area is 231 Å². The summed E-state index contributed by atoms with van der Waals surface area (Å²) in [6, 6.07) is 32.2. The molecule has 0 aliphatic rings. The van der Waals surface area contributed by atoms with E-state index < -0.39 is 11.8 Å². The first-order valence-corrected chi connectivity index (χ1v) is 13.1. The standard InChI is InChI=1S/C31H27N3O4S/c1-38-26-16-8-10-22(18-26)19-28(34-30(36)23-11-4-2-5-12-23)31(37)33-25-15-9-17-27(20-25)39-21-29(35)32-24-13-6-3-7-14-24/h2-20H,21H2,1H3,(H,32,35)(H,33,37)(H,34,36)/b28-19-. The number of amides is 3. The molecule has 39 heavy (non-hydrogen) atoms. The lowest BCUT2D eigenvalue weighted by molar-refractivity contribution is -0.114. The van der Waals surface area contributed by atoms with Gasteiger partial charge in [-0.25, -0.2) is 0 Å². The van der Waals surface area contributed by atoms with Crippen molar-refractivity contribution in [1.29, 1.82) is 0 Å². The van der Waals surface area contributed by atoms with Gasteiger partial charge in [-0.05, 0) is 66.2 Å². The predicted octanol–water partition coefficient (Wildman–Crippen LogP) is 5.84. The summed E-state index contributed by atoms with van der Waals surface area (Å²) >= 11 is 1.35. The number of carbonyl (C=O) groups is 3. The minimum absolute atomic E-state index is 0.0670. The van der Waals surface area contributed by atoms with E-state index in [2.05, 4.69) is 16.0 Å². The number of carbonyl (C=O) groups excluding carboxylic acids is 3. The van der Waals surface area contributed by atoms with E-state index in [0.717, 1.165) is 10.6 Å². The molecule has 8 heteroatoms. The molecule has 0 heterocycles. The highest BCUT2D eigenvalue weighted by molar-refractivity contribution is 8.00. The van der Waals surface area contributed by atoms with Crippen LogP contribution in [0.4, 0.5) is 11.4 Å². The van der Waals surface area contributed by atoms with Crippen LogP contribution >= 0.6 is 11.8 Å². The first-order valence-electron chi connectivity index (χ1n) is 12.1. The van der Waals surface area contributed by atoms with Gasteiger partial charge in [0.05, 0.1) is 12.9 Å². The van der Waals surface area contributed by atoms with Crippen molar-refractivity contribution in [3.8, 4) is 5.75 Å². The summed E-state index contributed by atoms with van der Waals surface area (Å²) in [4.78, 5) is 39.3. The van der Waals surface area contributed by atoms with Gasteiger partial charge >= 0.3 is 0 Å². The number of para-hydroxylation sites is 1. The molecule has 4 rings (SSSR count). The highest BCUT2D eigenvalue weighted by Gasteiger charge is 2.16. The molecule has 0 saturated heterocycles. The third-order valence-electron chi connectivity index (χ3n) is 5.45. The fourth-order valence-electron chi connectivity index (χ4n) is 3.57. The van der Waals surface area contributed by atoms with Crippen molar-refractivity contribution < 1.29 is 19.1 Å². The number of hydrogen-bond acceptors (Lipinski definition) is 5. The minimum Gasteiger partial charge on any atom is -0.497 e. The molecular formula is C31H27N3O4S. The average molecular weight is 538 g/mol. The average Bonchev–Trinajstić information content (AvgIpc) is 2.97. The Balaban J connectivity index is 1.47. The second-order valence-electron chi connectivity index (χ2n) is 8.34. The van der Waals surface area contributed by atoms with E-state index in [1.165, 1.54) is 11.8 Å². The molecule has 0 unspecified atom stereocenters. The zero-order valence-corrected chi connectivity index (χ0v) is 22.0. The van der Waals surface area contributed by atoms with Gasteiger partial charge in [-0.1, -0.05) is 54.6 Å². The highest BCUT2D eigenvalue weighted by atomic mass is 32.2. The molecule has 4 aromatic carbocycles. The van der Waals surface area contributed by atoms with E-state index in [1.54, 1.807) is 73.8 Å². The molecule has 0 spiro atoms. The topological polar surface area (TPSA) is 96.5 Å². The van der Waals surface area contributed by atoms with Gasteiger partial charge in [0.15, 0.2) is 0 Å². The molecule has 0 radical (unpaired) electrons. The molecule has 0 atom stereocenters. The highest BCUT2D eigenvalue weighted by Crippen LogP contribution is 2.23. The first-order chi connectivity index (χ1) is 19.0. The Morgan fingerprint density at radius 1 is 0.769 bits per heavy atom. The largest absolute Gasteiger partial charge is 0.497 e. The zero-order chi connectivity index (χ0) is 27.5. The number of anilines is 2. The molecule has 0 fully saturated rings. The minimum atomic E-state index is -0.494. The Kier molecular flexibility index (Phi) is 9.52. The lowest BCUT2D eigenvalue weighted by Gasteiger charge is -2.12. The molecule has 0 bridgehead atoms. The van der Waals surface area contributed by atoms with Crippen molar-refractivity contribution in [3.05, 3.63) is 126 Å². The quantitative estimate of drug-likeness (QED) is 0.175. The maximum atomic E-state index is 13.3. The lowest BCUT2D eigenvalue weighted by atomic mass is 10.1. The van der Waals surface area contributed by atoms with Crippen LogP contribution in [0.3, 0.4) is 0 Å². The summed E-state index contributed by atoms with van der Waals surface area (Å²) in [6.07, 6.45) is 1.59. The van der Waals surface area contributed by atoms with Gasteiger partial charge in [-0.2, -0.15) is 0 Å². The van der Waals surface area contributed by atoms with Crippen molar-refractivity contribution in [2.24, 2.45) is 0 Å². The van der Waals surface area contributed by atoms with Crippen LogP contribution in [0.25, 0.3) is 6.08 Å². The number of ether oxygens (including phenoxy) is 1. The summed E-state index contributed by atoms with van der Waals surface area (Å²) in [5.41, 5.74) is 2.43. The van der Waals surface area contributed by atoms with Crippen molar-refractivity contribution in [3.63, 3.8) is 0 Å². The predicted molar refractivity (Wildman–Crippen MR) is 156 cm³/mol. The maximum Gasteiger partial charge on any atom is 0.272 e. The van der Waals surface area contributed by atoms with Crippen LogP contribution < -0.4 is 20.7 Å². The molecule has 0 saturated carbocycles. The van der Waals surface area contributed by atoms with Gasteiger partial charge in [0.1, 0.15) is 11.4 Å². The maximum absolute atomic E-state index is 13.3. The summed E-state index contributed by atoms with van der Waals surface area (Å²) in [5.74, 6) is -0.202. The van der Waals surface area contributed by atoms with Crippen LogP contribution in [0.15, 0.2) is 120 Å². The van der Waals surface area contributed by atoms with Gasteiger partial charge in [0, 0.05) is 21.8 Å². The second-order valence-corrected chi connectivity index (χ2v) is 9.39. The van der Waals surface area contributed by atoms with Gasteiger partial charge in [0.2, 0.25) is 5.91 Å². The first kappa shape index (κ1) is 27.2. The van der Waals surface area contributed by atoms with Crippen molar-refractivity contribution in [2.75, 3.05) is 23.5 Å². The number of thioether (sulfide) groups is 1. The summed E-state index contributed by atoms with van der Waals surface area (Å²) in [7, 11) is 1.56. The van der Waals surface area contributed by atoms with Gasteiger partial charge in [-0.3, -0.25) is 14.4 Å². The Morgan fingerprint density at radius 3 is 2.21 bits per heavy atom. The van der Waals surface area contributed by atoms with Gasteiger partial charge in [0.25, 0.3) is 11.8 Å². The van der Waals surface area contributed by atoms with E-state index in [9.17, 15) is 14.4 Å². The van der Waals surface area contributed by atoms with Gasteiger partial charge in [-0.15, -0.1) is 11.8 Å². The Hall–Kier alpha value is -4.82. The molecular weight excluding hydrogens is 510 g/mol. The van der Waals surface area contributed by atoms with Crippen LogP contribution in [-0.4, -0.2) is 30.6 Å². The molecule has 0 aromatic heterocycles. The SMILES string of the molecule is COc1cccc(/C=C(\NC(=O)c2ccccc2)C(=O)Nc2cccc(SCC(=O)Nc3ccccc3)c2)c1. The lowest BCUT2D eigenvalue weighted by Crippen LogP contribution is -2.30. The zero-order valence-electron chi connectivity index (χ0n) is 21.2. The van der Waals surface area contributed by atoms with Crippen LogP contribution in [0, 0.1) is 0 Å². The molecule has 3 N–H and O–H groups in total. The second kappa shape index (κ2) is 13.6. The van der Waals surface area contributed by atoms with Crippen LogP contribution in [0.5, 0.6) is 5.75 Å². The van der Waals surface area contributed by atoms with E-state index in [0.29, 0.717) is 22.6 Å². The monoisotopic (exact) mass is 537 g/mol. The van der Waals surface area contributed by atoms with Crippen molar-refractivity contribution in [2.45, 2.75) is 4.90 Å². The molecule has 4 aromatic rings. The van der Waals surface area contributed by atoms with Crippen LogP contribution in [-0.2, 0) is 9.59 Å². The number of benzene rings is 4. The third kappa shape index (κ3) is 8.34. The fraction of sp³-hybridized carbons (Fsp3) is 0.0645. The molecule has 3 amide bonds. The van der Waals surface area contributed by atoms with Crippen molar-refractivity contribution in [1.82, 2.24) is 5.32 Å². The molecule has 0 aliphatic heterocycles. The third-order valence-corrected chi connectivity index (χ3v) is 6.45. The summed E-state index contributed by atoms with van der Waals surface area (Å²) in [5, 5.41) is 8.43. The Morgan fingerprint density at radius 2 is 1.46 bits per heavy atom. The molecule has 0 aliphatic carbocycles. The Bertz CT molecular complexity index is 1470. The normalized spacial score (nSPS) is 10.8. The van der Waals surface area contributed by atoms with Crippen LogP contribution in [0.2, 0.25) is 0 Å². The number of rotatable bonds is 10. The van der Waals surface area contributed by atoms with Gasteiger partial charge < -0.3 is 20.7 Å². The molecule has 7 nitrogen and oxygen atoms in total. The fourth-order valence-corrected chi connectivity index (χ4v) is 4.32. The van der Waals surface area contributed by atoms with Crippen molar-refractivity contribution >= 4 is 46.9 Å². The number of nitrogens with one attached hydrogen (secondary N) is 3. The number of hydrogen-bond donors (Lipinski definition) is 3. The van der Waals surface area contributed by atoms with Crippen LogP contribution in [0.1, 0.15) is 15.9 Å². The van der Waals surface area contributed by atoms with E-state index >= 15 is 0 Å². The van der Waals surface area contributed by atoms with E-state index in [4.69, 9.17) is 4.74 Å². The summed E-state index contributed by atoms with van der Waals surface area (Å²) < 4.78 is 5.28. The van der Waals surface area contributed by atoms with E-state index in [1.807, 2.05) is 48.5 Å². The number of methoxy groups -OCH3 is 1.